The number of hydrogen-bond donors (Lipinski definition) is 1. The summed E-state index contributed by atoms with van der Waals surface area (Å²) in [5, 5.41) is 2.61. The van der Waals surface area contributed by atoms with E-state index in [2.05, 4.69) is 21.2 Å². The van der Waals surface area contributed by atoms with E-state index in [1.807, 2.05) is 0 Å². The van der Waals surface area contributed by atoms with Gasteiger partial charge in [-0.15, -0.1) is 0 Å². The molecule has 1 N–H and O–H groups in total. The van der Waals surface area contributed by atoms with Crippen molar-refractivity contribution in [3.05, 3.63) is 33.8 Å². The number of nitrogens with zero attached hydrogens (tertiary/aromatic N) is 1. The molecule has 8 heteroatoms. The maximum atomic E-state index is 13.8. The minimum absolute atomic E-state index is 0.0420. The van der Waals surface area contributed by atoms with Gasteiger partial charge in [0, 0.05) is 13.1 Å². The van der Waals surface area contributed by atoms with Crippen LogP contribution in [0.4, 0.5) is 13.6 Å². The average Bonchev–Trinajstić information content (AvgIpc) is 2.35. The Balaban J connectivity index is 1.91. The first kappa shape index (κ1) is 17.7. The van der Waals surface area contributed by atoms with Crippen LogP contribution in [0.15, 0.2) is 16.6 Å². The summed E-state index contributed by atoms with van der Waals surface area (Å²) >= 11 is 2.86. The maximum Gasteiger partial charge on any atom is 0.407 e. The van der Waals surface area contributed by atoms with Crippen molar-refractivity contribution < 1.29 is 23.1 Å². The number of benzene rings is 1. The number of likely N-dealkylation sites (tertiary alicyclic amines) is 1. The predicted octanol–water partition coefficient (Wildman–Crippen LogP) is 3.08. The second-order valence-electron chi connectivity index (χ2n) is 6.30. The van der Waals surface area contributed by atoms with Crippen molar-refractivity contribution in [2.45, 2.75) is 32.4 Å². The van der Waals surface area contributed by atoms with Gasteiger partial charge < -0.3 is 15.0 Å². The Morgan fingerprint density at radius 1 is 1.26 bits per heavy atom. The molecule has 23 heavy (non-hydrogen) atoms. The molecule has 2 rings (SSSR count). The number of ether oxygens (including phenoxy) is 1. The van der Waals surface area contributed by atoms with E-state index in [1.54, 1.807) is 20.8 Å². The molecule has 0 aliphatic carbocycles. The van der Waals surface area contributed by atoms with Gasteiger partial charge in [0.15, 0.2) is 0 Å². The van der Waals surface area contributed by atoms with Crippen LogP contribution >= 0.6 is 15.9 Å². The summed E-state index contributed by atoms with van der Waals surface area (Å²) in [5.41, 5.74) is -0.942. The zero-order valence-corrected chi connectivity index (χ0v) is 14.5. The molecule has 1 aromatic rings. The van der Waals surface area contributed by atoms with Gasteiger partial charge in [-0.1, -0.05) is 0 Å². The third kappa shape index (κ3) is 4.40. The molecule has 2 amide bonds. The molecule has 0 aromatic heterocycles. The highest BCUT2D eigenvalue weighted by Crippen LogP contribution is 2.22. The molecule has 0 radical (unpaired) electrons. The van der Waals surface area contributed by atoms with Crippen LogP contribution in [0.1, 0.15) is 31.1 Å². The van der Waals surface area contributed by atoms with Crippen molar-refractivity contribution in [2.24, 2.45) is 0 Å². The van der Waals surface area contributed by atoms with E-state index in [4.69, 9.17) is 4.74 Å². The van der Waals surface area contributed by atoms with E-state index < -0.39 is 29.2 Å². The third-order valence-electron chi connectivity index (χ3n) is 3.13. The summed E-state index contributed by atoms with van der Waals surface area (Å²) in [6, 6.07) is 1.51. The Labute approximate surface area is 141 Å². The number of nitrogens with one attached hydrogen (secondary N) is 1. The molecule has 1 aliphatic heterocycles. The first-order chi connectivity index (χ1) is 10.6. The summed E-state index contributed by atoms with van der Waals surface area (Å²) < 4.78 is 32.3. The van der Waals surface area contributed by atoms with Gasteiger partial charge in [0.05, 0.1) is 16.1 Å². The van der Waals surface area contributed by atoms with Gasteiger partial charge in [0.1, 0.15) is 17.2 Å². The summed E-state index contributed by atoms with van der Waals surface area (Å²) in [5.74, 6) is -2.12. The van der Waals surface area contributed by atoms with Crippen LogP contribution in [0.2, 0.25) is 0 Å². The average molecular weight is 391 g/mol. The molecule has 0 atom stereocenters. The molecule has 0 unspecified atom stereocenters. The summed E-state index contributed by atoms with van der Waals surface area (Å²) in [6.07, 6.45) is -0.574. The molecule has 1 fully saturated rings. The molecule has 5 nitrogen and oxygen atoms in total. The largest absolute Gasteiger partial charge is 0.444 e. The first-order valence-electron chi connectivity index (χ1n) is 7.00. The normalized spacial score (nSPS) is 15.1. The number of halogens is 3. The molecule has 0 spiro atoms. The fourth-order valence-corrected chi connectivity index (χ4v) is 2.38. The number of alkyl carbamates (subject to hydrolysis) is 1. The SMILES string of the molecule is CC(C)(C)OC(=O)NC1CN(C(=O)c2cc(F)c(Br)cc2F)C1. The van der Waals surface area contributed by atoms with Gasteiger partial charge >= 0.3 is 6.09 Å². The summed E-state index contributed by atoms with van der Waals surface area (Å²) in [7, 11) is 0. The van der Waals surface area contributed by atoms with Gasteiger partial charge in [0.2, 0.25) is 0 Å². The number of hydrogen-bond acceptors (Lipinski definition) is 3. The highest BCUT2D eigenvalue weighted by atomic mass is 79.9. The van der Waals surface area contributed by atoms with E-state index in [9.17, 15) is 18.4 Å². The Bertz CT molecular complexity index is 640. The van der Waals surface area contributed by atoms with Crippen molar-refractivity contribution in [1.29, 1.82) is 0 Å². The van der Waals surface area contributed by atoms with Crippen molar-refractivity contribution in [1.82, 2.24) is 10.2 Å². The standard InChI is InChI=1S/C15H17BrF2N2O3/c1-15(2,3)23-14(22)19-8-6-20(7-8)13(21)9-4-12(18)10(16)5-11(9)17/h4-5,8H,6-7H2,1-3H3,(H,19,22). The molecule has 0 bridgehead atoms. The maximum absolute atomic E-state index is 13.8. The van der Waals surface area contributed by atoms with Crippen LogP contribution < -0.4 is 5.32 Å². The van der Waals surface area contributed by atoms with Crippen LogP contribution in [0.5, 0.6) is 0 Å². The molecular formula is C15H17BrF2N2O3. The molecule has 1 aliphatic rings. The van der Waals surface area contributed by atoms with Crippen molar-refractivity contribution in [2.75, 3.05) is 13.1 Å². The lowest BCUT2D eigenvalue weighted by atomic mass is 10.1. The smallest absolute Gasteiger partial charge is 0.407 e. The zero-order chi connectivity index (χ0) is 17.4. The number of rotatable bonds is 2. The minimum atomic E-state index is -0.799. The monoisotopic (exact) mass is 390 g/mol. The van der Waals surface area contributed by atoms with E-state index in [1.165, 1.54) is 4.90 Å². The second-order valence-corrected chi connectivity index (χ2v) is 7.15. The van der Waals surface area contributed by atoms with Crippen molar-refractivity contribution in [3.63, 3.8) is 0 Å². The molecule has 1 heterocycles. The third-order valence-corrected chi connectivity index (χ3v) is 3.74. The van der Waals surface area contributed by atoms with Crippen LogP contribution in [-0.4, -0.2) is 41.6 Å². The van der Waals surface area contributed by atoms with Crippen LogP contribution in [0.25, 0.3) is 0 Å². The van der Waals surface area contributed by atoms with Crippen LogP contribution in [0, 0.1) is 11.6 Å². The zero-order valence-electron chi connectivity index (χ0n) is 13.0. The van der Waals surface area contributed by atoms with Gasteiger partial charge in [-0.25, -0.2) is 13.6 Å². The van der Waals surface area contributed by atoms with E-state index >= 15 is 0 Å². The lowest BCUT2D eigenvalue weighted by Gasteiger charge is -2.39. The van der Waals surface area contributed by atoms with Crippen LogP contribution in [0.3, 0.4) is 0 Å². The quantitative estimate of drug-likeness (QED) is 0.789. The van der Waals surface area contributed by atoms with Gasteiger partial charge in [-0.2, -0.15) is 0 Å². The molecular weight excluding hydrogens is 374 g/mol. The van der Waals surface area contributed by atoms with E-state index in [-0.39, 0.29) is 29.2 Å². The van der Waals surface area contributed by atoms with E-state index in [0.29, 0.717) is 0 Å². The topological polar surface area (TPSA) is 58.6 Å². The van der Waals surface area contributed by atoms with Gasteiger partial charge in [-0.3, -0.25) is 4.79 Å². The highest BCUT2D eigenvalue weighted by Gasteiger charge is 2.34. The fraction of sp³-hybridized carbons (Fsp3) is 0.467. The molecule has 1 aromatic carbocycles. The predicted molar refractivity (Wildman–Crippen MR) is 83.1 cm³/mol. The minimum Gasteiger partial charge on any atom is -0.444 e. The Morgan fingerprint density at radius 2 is 1.87 bits per heavy atom. The van der Waals surface area contributed by atoms with E-state index in [0.717, 1.165) is 12.1 Å². The number of carbonyl (C=O) groups excluding carboxylic acids is 2. The lowest BCUT2D eigenvalue weighted by Crippen LogP contribution is -2.61. The molecule has 0 saturated carbocycles. The molecule has 126 valence electrons. The lowest BCUT2D eigenvalue weighted by molar-refractivity contribution is 0.0357. The second kappa shape index (κ2) is 6.43. The Morgan fingerprint density at radius 3 is 2.43 bits per heavy atom. The summed E-state index contributed by atoms with van der Waals surface area (Å²) in [6.45, 7) is 5.67. The first-order valence-corrected chi connectivity index (χ1v) is 7.79. The Kier molecular flexibility index (Phi) is 4.93. The number of carbonyl (C=O) groups is 2. The summed E-state index contributed by atoms with van der Waals surface area (Å²) in [4.78, 5) is 25.1. The van der Waals surface area contributed by atoms with Crippen molar-refractivity contribution >= 4 is 27.9 Å². The van der Waals surface area contributed by atoms with Gasteiger partial charge in [-0.05, 0) is 48.8 Å². The Hall–Kier alpha value is -1.70. The molecule has 1 saturated heterocycles. The fourth-order valence-electron chi connectivity index (χ4n) is 2.07. The highest BCUT2D eigenvalue weighted by molar-refractivity contribution is 9.10. The number of amides is 2. The van der Waals surface area contributed by atoms with Crippen LogP contribution in [-0.2, 0) is 4.74 Å². The van der Waals surface area contributed by atoms with Crippen molar-refractivity contribution in [3.8, 4) is 0 Å². The van der Waals surface area contributed by atoms with Gasteiger partial charge in [0.25, 0.3) is 5.91 Å².